The normalized spacial score (nSPS) is 22.5. The van der Waals surface area contributed by atoms with Gasteiger partial charge in [-0.15, -0.1) is 0 Å². The van der Waals surface area contributed by atoms with Crippen molar-refractivity contribution in [2.45, 2.75) is 12.8 Å². The van der Waals surface area contributed by atoms with Crippen LogP contribution < -0.4 is 0 Å². The SMILES string of the molecule is O=C(O)C(F)(F)F.O=C(c1ccco1)N1C[C@@H]2COC[C@]2(COCc2ccncc2)C1. The average Bonchev–Trinajstić information content (AvgIpc) is 3.44. The quantitative estimate of drug-likeness (QED) is 0.760. The lowest BCUT2D eigenvalue weighted by atomic mass is 9.82. The van der Waals surface area contributed by atoms with Gasteiger partial charge in [0, 0.05) is 36.8 Å². The average molecular weight is 442 g/mol. The summed E-state index contributed by atoms with van der Waals surface area (Å²) in [5.41, 5.74) is 0.980. The number of aromatic nitrogens is 1. The summed E-state index contributed by atoms with van der Waals surface area (Å²) in [6.07, 6.45) is -0.0313. The summed E-state index contributed by atoms with van der Waals surface area (Å²) in [5, 5.41) is 7.12. The molecule has 0 bridgehead atoms. The van der Waals surface area contributed by atoms with E-state index in [0.29, 0.717) is 51.2 Å². The number of hydrogen-bond acceptors (Lipinski definition) is 6. The largest absolute Gasteiger partial charge is 0.490 e. The Morgan fingerprint density at radius 2 is 2.00 bits per heavy atom. The first-order valence-corrected chi connectivity index (χ1v) is 9.38. The molecule has 0 unspecified atom stereocenters. The van der Waals surface area contributed by atoms with E-state index >= 15 is 0 Å². The molecule has 0 saturated carbocycles. The summed E-state index contributed by atoms with van der Waals surface area (Å²) in [7, 11) is 0. The Morgan fingerprint density at radius 3 is 2.61 bits per heavy atom. The van der Waals surface area contributed by atoms with E-state index in [0.717, 1.165) is 5.56 Å². The highest BCUT2D eigenvalue weighted by Crippen LogP contribution is 2.42. The minimum atomic E-state index is -5.08. The molecule has 31 heavy (non-hydrogen) atoms. The van der Waals surface area contributed by atoms with E-state index in [4.69, 9.17) is 23.8 Å². The van der Waals surface area contributed by atoms with E-state index in [9.17, 15) is 18.0 Å². The molecule has 168 valence electrons. The third-order valence-electron chi connectivity index (χ3n) is 5.19. The third-order valence-corrected chi connectivity index (χ3v) is 5.19. The van der Waals surface area contributed by atoms with Crippen molar-refractivity contribution in [1.29, 1.82) is 0 Å². The maximum Gasteiger partial charge on any atom is 0.490 e. The van der Waals surface area contributed by atoms with Gasteiger partial charge in [0.1, 0.15) is 0 Å². The van der Waals surface area contributed by atoms with Crippen molar-refractivity contribution in [2.75, 3.05) is 32.9 Å². The van der Waals surface area contributed by atoms with E-state index < -0.39 is 12.1 Å². The van der Waals surface area contributed by atoms with Gasteiger partial charge in [-0.2, -0.15) is 13.2 Å². The fourth-order valence-electron chi connectivity index (χ4n) is 3.60. The van der Waals surface area contributed by atoms with Crippen LogP contribution >= 0.6 is 0 Å². The van der Waals surface area contributed by atoms with Crippen LogP contribution in [0.1, 0.15) is 16.1 Å². The maximum absolute atomic E-state index is 12.5. The van der Waals surface area contributed by atoms with Gasteiger partial charge in [0.15, 0.2) is 5.76 Å². The Bertz CT molecular complexity index is 875. The van der Waals surface area contributed by atoms with Crippen molar-refractivity contribution in [3.05, 3.63) is 54.2 Å². The summed E-state index contributed by atoms with van der Waals surface area (Å²) in [6.45, 7) is 3.78. The first-order valence-electron chi connectivity index (χ1n) is 9.38. The van der Waals surface area contributed by atoms with Gasteiger partial charge in [-0.25, -0.2) is 4.79 Å². The molecule has 8 nitrogen and oxygen atoms in total. The number of nitrogens with zero attached hydrogens (tertiary/aromatic N) is 2. The number of carbonyl (C=O) groups excluding carboxylic acids is 1. The van der Waals surface area contributed by atoms with E-state index in [1.807, 2.05) is 17.0 Å². The van der Waals surface area contributed by atoms with Crippen molar-refractivity contribution in [2.24, 2.45) is 11.3 Å². The van der Waals surface area contributed by atoms with E-state index in [1.54, 1.807) is 24.5 Å². The topological polar surface area (TPSA) is 102 Å². The number of halogens is 3. The number of amides is 1. The van der Waals surface area contributed by atoms with E-state index in [2.05, 4.69) is 4.98 Å². The molecule has 4 heterocycles. The highest BCUT2D eigenvalue weighted by atomic mass is 19.4. The predicted octanol–water partition coefficient (Wildman–Crippen LogP) is 2.61. The molecule has 2 atom stereocenters. The lowest BCUT2D eigenvalue weighted by Crippen LogP contribution is -2.37. The Morgan fingerprint density at radius 1 is 1.29 bits per heavy atom. The number of fused-ring (bicyclic) bond motifs is 1. The van der Waals surface area contributed by atoms with Crippen molar-refractivity contribution >= 4 is 11.9 Å². The second kappa shape index (κ2) is 9.48. The van der Waals surface area contributed by atoms with Crippen LogP contribution in [0.3, 0.4) is 0 Å². The van der Waals surface area contributed by atoms with E-state index in [-0.39, 0.29) is 11.3 Å². The first-order chi connectivity index (χ1) is 14.7. The molecular weight excluding hydrogens is 421 g/mol. The zero-order valence-electron chi connectivity index (χ0n) is 16.4. The molecule has 0 aromatic carbocycles. The minimum Gasteiger partial charge on any atom is -0.475 e. The monoisotopic (exact) mass is 442 g/mol. The van der Waals surface area contributed by atoms with Gasteiger partial charge >= 0.3 is 12.1 Å². The van der Waals surface area contributed by atoms with Crippen LogP contribution in [0.4, 0.5) is 13.2 Å². The highest BCUT2D eigenvalue weighted by molar-refractivity contribution is 5.91. The van der Waals surface area contributed by atoms with Gasteiger partial charge < -0.3 is 23.9 Å². The molecule has 0 spiro atoms. The lowest BCUT2D eigenvalue weighted by molar-refractivity contribution is -0.192. The Balaban J connectivity index is 0.000000339. The molecule has 0 radical (unpaired) electrons. The number of alkyl halides is 3. The zero-order valence-corrected chi connectivity index (χ0v) is 16.4. The number of aliphatic carboxylic acids is 1. The molecular formula is C20H21F3N2O6. The van der Waals surface area contributed by atoms with Gasteiger partial charge in [-0.1, -0.05) is 0 Å². The number of rotatable bonds is 5. The van der Waals surface area contributed by atoms with Crippen molar-refractivity contribution < 1.29 is 41.8 Å². The Kier molecular flexibility index (Phi) is 6.96. The van der Waals surface area contributed by atoms with Gasteiger partial charge in [0.2, 0.25) is 0 Å². The van der Waals surface area contributed by atoms with Crippen molar-refractivity contribution in [1.82, 2.24) is 9.88 Å². The van der Waals surface area contributed by atoms with Crippen LogP contribution in [-0.2, 0) is 20.9 Å². The number of likely N-dealkylation sites (tertiary alicyclic amines) is 1. The summed E-state index contributed by atoms with van der Waals surface area (Å²) >= 11 is 0. The molecule has 2 aromatic heterocycles. The minimum absolute atomic E-state index is 0.0529. The summed E-state index contributed by atoms with van der Waals surface area (Å²) in [6, 6.07) is 7.34. The number of ether oxygens (including phenoxy) is 2. The van der Waals surface area contributed by atoms with Gasteiger partial charge in [-0.05, 0) is 29.8 Å². The molecule has 2 aliphatic rings. The molecule has 2 saturated heterocycles. The molecule has 1 N–H and O–H groups in total. The number of hydrogen-bond donors (Lipinski definition) is 1. The molecule has 0 aliphatic carbocycles. The van der Waals surface area contributed by atoms with E-state index in [1.165, 1.54) is 6.26 Å². The van der Waals surface area contributed by atoms with Crippen LogP contribution in [0.2, 0.25) is 0 Å². The Hall–Kier alpha value is -2.92. The smallest absolute Gasteiger partial charge is 0.475 e. The molecule has 11 heteroatoms. The Labute approximate surface area is 175 Å². The molecule has 1 amide bonds. The van der Waals surface area contributed by atoms with Crippen LogP contribution in [0, 0.1) is 11.3 Å². The van der Waals surface area contributed by atoms with Gasteiger partial charge in [0.25, 0.3) is 5.91 Å². The second-order valence-corrected chi connectivity index (χ2v) is 7.39. The maximum atomic E-state index is 12.5. The fourth-order valence-corrected chi connectivity index (χ4v) is 3.60. The number of pyridine rings is 1. The molecule has 2 aromatic rings. The van der Waals surface area contributed by atoms with Crippen LogP contribution in [0.5, 0.6) is 0 Å². The summed E-state index contributed by atoms with van der Waals surface area (Å²) in [4.78, 5) is 27.3. The summed E-state index contributed by atoms with van der Waals surface area (Å²) < 4.78 is 48.6. The number of carboxylic acid groups (broad SMARTS) is 1. The van der Waals surface area contributed by atoms with Crippen LogP contribution in [-0.4, -0.2) is 66.0 Å². The number of carboxylic acids is 1. The molecule has 2 fully saturated rings. The van der Waals surface area contributed by atoms with Gasteiger partial charge in [-0.3, -0.25) is 9.78 Å². The summed E-state index contributed by atoms with van der Waals surface area (Å²) in [5.74, 6) is -2.10. The fraction of sp³-hybridized carbons (Fsp3) is 0.450. The van der Waals surface area contributed by atoms with Crippen LogP contribution in [0.15, 0.2) is 47.3 Å². The number of furan rings is 1. The predicted molar refractivity (Wildman–Crippen MR) is 98.9 cm³/mol. The standard InChI is InChI=1S/C18H20N2O4.C2HF3O2/c21-17(16-2-1-7-24-16)20-8-15-10-23-13-18(15,11-20)12-22-9-14-3-5-19-6-4-14;3-2(4,5)1(6)7/h1-7,15H,8-13H2;(H,6,7)/t15-,18-;/m1./s1. The first kappa shape index (κ1) is 22.8. The van der Waals surface area contributed by atoms with Crippen molar-refractivity contribution in [3.8, 4) is 0 Å². The van der Waals surface area contributed by atoms with Gasteiger partial charge in [0.05, 0.1) is 32.7 Å². The third kappa shape index (κ3) is 5.61. The lowest BCUT2D eigenvalue weighted by Gasteiger charge is -2.26. The van der Waals surface area contributed by atoms with Crippen LogP contribution in [0.25, 0.3) is 0 Å². The molecule has 4 rings (SSSR count). The highest BCUT2D eigenvalue weighted by Gasteiger charge is 2.52. The van der Waals surface area contributed by atoms with Crippen molar-refractivity contribution in [3.63, 3.8) is 0 Å². The second-order valence-electron chi connectivity index (χ2n) is 7.39. The molecule has 2 aliphatic heterocycles. The zero-order chi connectivity index (χ0) is 22.5. The number of carbonyl (C=O) groups is 2.